The average Bonchev–Trinajstić information content (AvgIpc) is 2.85. The molecule has 0 radical (unpaired) electrons. The Hall–Kier alpha value is -3.15. The van der Waals surface area contributed by atoms with Crippen LogP contribution < -0.4 is 14.9 Å². The smallest absolute Gasteiger partial charge is 0.343 e. The molecule has 1 amide bonds. The first-order chi connectivity index (χ1) is 16.6. The summed E-state index contributed by atoms with van der Waals surface area (Å²) in [5.74, 6) is 0.239. The number of ether oxygens (including phenoxy) is 2. The van der Waals surface area contributed by atoms with Gasteiger partial charge in [-0.25, -0.2) is 10.2 Å². The van der Waals surface area contributed by atoms with Gasteiger partial charge in [0, 0.05) is 6.42 Å². The van der Waals surface area contributed by atoms with Crippen LogP contribution in [0.5, 0.6) is 11.5 Å². The first-order valence-electron chi connectivity index (χ1n) is 12.5. The van der Waals surface area contributed by atoms with Crippen LogP contribution in [-0.2, 0) is 4.79 Å². The number of nitrogens with zero attached hydrogens (tertiary/aromatic N) is 1. The third-order valence-electron chi connectivity index (χ3n) is 5.39. The van der Waals surface area contributed by atoms with Gasteiger partial charge in [-0.2, -0.15) is 5.10 Å². The zero-order valence-electron chi connectivity index (χ0n) is 20.6. The second-order valence-corrected chi connectivity index (χ2v) is 8.27. The Balaban J connectivity index is 1.75. The zero-order chi connectivity index (χ0) is 24.4. The molecule has 184 valence electrons. The maximum absolute atomic E-state index is 12.3. The lowest BCUT2D eigenvalue weighted by atomic mass is 10.1. The fraction of sp³-hybridized carbons (Fsp3) is 0.464. The minimum Gasteiger partial charge on any atom is -0.490 e. The molecule has 6 nitrogen and oxygen atoms in total. The molecular weight excluding hydrogens is 428 g/mol. The number of hydrazone groups is 1. The number of hydrogen-bond acceptors (Lipinski definition) is 5. The molecule has 0 bridgehead atoms. The summed E-state index contributed by atoms with van der Waals surface area (Å²) in [6, 6.07) is 13.9. The highest BCUT2D eigenvalue weighted by Gasteiger charge is 2.13. The Morgan fingerprint density at radius 2 is 1.53 bits per heavy atom. The molecule has 0 fully saturated rings. The van der Waals surface area contributed by atoms with Crippen molar-refractivity contribution < 1.29 is 19.1 Å². The lowest BCUT2D eigenvalue weighted by Crippen LogP contribution is -2.16. The van der Waals surface area contributed by atoms with Gasteiger partial charge in [-0.05, 0) is 49.2 Å². The molecular formula is C28H38N2O4. The number of esters is 1. The van der Waals surface area contributed by atoms with E-state index in [0.717, 1.165) is 18.4 Å². The van der Waals surface area contributed by atoms with E-state index < -0.39 is 5.97 Å². The first kappa shape index (κ1) is 27.1. The molecule has 2 rings (SSSR count). The first-order valence-corrected chi connectivity index (χ1v) is 12.5. The monoisotopic (exact) mass is 466 g/mol. The minimum absolute atomic E-state index is 0.0855. The van der Waals surface area contributed by atoms with Crippen molar-refractivity contribution in [3.8, 4) is 11.5 Å². The number of carbonyl (C=O) groups is 2. The van der Waals surface area contributed by atoms with Gasteiger partial charge in [-0.3, -0.25) is 4.79 Å². The fourth-order valence-corrected chi connectivity index (χ4v) is 3.52. The maximum atomic E-state index is 12.3. The van der Waals surface area contributed by atoms with Gasteiger partial charge in [-0.15, -0.1) is 0 Å². The van der Waals surface area contributed by atoms with Gasteiger partial charge in [0.15, 0.2) is 11.5 Å². The van der Waals surface area contributed by atoms with Crippen molar-refractivity contribution in [3.63, 3.8) is 0 Å². The van der Waals surface area contributed by atoms with Crippen LogP contribution in [0.4, 0.5) is 0 Å². The molecule has 0 saturated heterocycles. The molecule has 34 heavy (non-hydrogen) atoms. The summed E-state index contributed by atoms with van der Waals surface area (Å²) >= 11 is 0. The second-order valence-electron chi connectivity index (χ2n) is 8.27. The molecule has 0 spiro atoms. The van der Waals surface area contributed by atoms with Crippen LogP contribution >= 0.6 is 0 Å². The summed E-state index contributed by atoms with van der Waals surface area (Å²) in [5, 5.41) is 4.05. The third-order valence-corrected chi connectivity index (χ3v) is 5.39. The van der Waals surface area contributed by atoms with Gasteiger partial charge < -0.3 is 9.47 Å². The Bertz CT molecular complexity index is 897. The molecule has 0 aliphatic heterocycles. The highest BCUT2D eigenvalue weighted by atomic mass is 16.6. The quantitative estimate of drug-likeness (QED) is 0.0984. The molecule has 0 aliphatic rings. The van der Waals surface area contributed by atoms with Crippen molar-refractivity contribution in [1.29, 1.82) is 0 Å². The third kappa shape index (κ3) is 10.6. The number of unbranched alkanes of at least 4 members (excludes halogenated alkanes) is 8. The summed E-state index contributed by atoms with van der Waals surface area (Å²) in [4.78, 5) is 24.4. The maximum Gasteiger partial charge on any atom is 0.343 e. The van der Waals surface area contributed by atoms with Crippen molar-refractivity contribution >= 4 is 18.1 Å². The molecule has 1 N–H and O–H groups in total. The van der Waals surface area contributed by atoms with E-state index in [4.69, 9.17) is 9.47 Å². The number of nitrogens with one attached hydrogen (secondary N) is 1. The van der Waals surface area contributed by atoms with Crippen LogP contribution in [0.15, 0.2) is 53.6 Å². The molecule has 0 saturated carbocycles. The van der Waals surface area contributed by atoms with Crippen molar-refractivity contribution in [2.45, 2.75) is 78.1 Å². The van der Waals surface area contributed by atoms with Crippen LogP contribution in [0, 0.1) is 0 Å². The lowest BCUT2D eigenvalue weighted by molar-refractivity contribution is -0.121. The standard InChI is InChI=1S/C28H38N2O4/c1-3-5-6-7-8-9-10-11-15-18-27(31)30-29-22-23-19-20-25(26(21-23)33-4-2)34-28(32)24-16-13-12-14-17-24/h12-14,16-17,19-22H,3-11,15,18H2,1-2H3,(H,30,31). The van der Waals surface area contributed by atoms with E-state index in [2.05, 4.69) is 17.5 Å². The highest BCUT2D eigenvalue weighted by molar-refractivity contribution is 5.91. The van der Waals surface area contributed by atoms with Gasteiger partial charge in [0.2, 0.25) is 5.91 Å². The van der Waals surface area contributed by atoms with Crippen LogP contribution in [0.3, 0.4) is 0 Å². The molecule has 0 unspecified atom stereocenters. The van der Waals surface area contributed by atoms with Gasteiger partial charge in [0.05, 0.1) is 18.4 Å². The Morgan fingerprint density at radius 3 is 2.21 bits per heavy atom. The SMILES string of the molecule is CCCCCCCCCCCC(=O)NN=Cc1ccc(OC(=O)c2ccccc2)c(OCC)c1. The number of hydrogen-bond donors (Lipinski definition) is 1. The molecule has 0 atom stereocenters. The molecule has 6 heteroatoms. The predicted molar refractivity (Wildman–Crippen MR) is 137 cm³/mol. The van der Waals surface area contributed by atoms with Gasteiger partial charge in [-0.1, -0.05) is 76.5 Å². The summed E-state index contributed by atoms with van der Waals surface area (Å²) in [6.07, 6.45) is 13.0. The summed E-state index contributed by atoms with van der Waals surface area (Å²) in [7, 11) is 0. The van der Waals surface area contributed by atoms with E-state index in [0.29, 0.717) is 30.1 Å². The minimum atomic E-state index is -0.452. The fourth-order valence-electron chi connectivity index (χ4n) is 3.52. The van der Waals surface area contributed by atoms with Crippen molar-refractivity contribution in [3.05, 3.63) is 59.7 Å². The van der Waals surface area contributed by atoms with Crippen LogP contribution in [0.25, 0.3) is 0 Å². The zero-order valence-corrected chi connectivity index (χ0v) is 20.6. The Kier molecular flexibility index (Phi) is 13.1. The molecule has 2 aromatic carbocycles. The van der Waals surface area contributed by atoms with E-state index in [-0.39, 0.29) is 5.91 Å². The van der Waals surface area contributed by atoms with Crippen molar-refractivity contribution in [1.82, 2.24) is 5.43 Å². The normalized spacial score (nSPS) is 10.9. The molecule has 2 aromatic rings. The van der Waals surface area contributed by atoms with E-state index in [1.807, 2.05) is 13.0 Å². The number of carbonyl (C=O) groups excluding carboxylic acids is 2. The Labute approximate surface area is 203 Å². The van der Waals surface area contributed by atoms with Crippen molar-refractivity contribution in [2.24, 2.45) is 5.10 Å². The van der Waals surface area contributed by atoms with Crippen molar-refractivity contribution in [2.75, 3.05) is 6.61 Å². The number of amides is 1. The summed E-state index contributed by atoms with van der Waals surface area (Å²) in [5.41, 5.74) is 3.77. The second kappa shape index (κ2) is 16.5. The van der Waals surface area contributed by atoms with Crippen LogP contribution in [0.1, 0.15) is 94.0 Å². The summed E-state index contributed by atoms with van der Waals surface area (Å²) in [6.45, 7) is 4.51. The van der Waals surface area contributed by atoms with Crippen LogP contribution in [0.2, 0.25) is 0 Å². The molecule has 0 heterocycles. The molecule has 0 aliphatic carbocycles. The lowest BCUT2D eigenvalue weighted by Gasteiger charge is -2.11. The topological polar surface area (TPSA) is 77.0 Å². The highest BCUT2D eigenvalue weighted by Crippen LogP contribution is 2.29. The van der Waals surface area contributed by atoms with E-state index in [9.17, 15) is 9.59 Å². The van der Waals surface area contributed by atoms with E-state index in [1.165, 1.54) is 44.9 Å². The Morgan fingerprint density at radius 1 is 0.853 bits per heavy atom. The average molecular weight is 467 g/mol. The summed E-state index contributed by atoms with van der Waals surface area (Å²) < 4.78 is 11.1. The van der Waals surface area contributed by atoms with Gasteiger partial charge in [0.25, 0.3) is 0 Å². The van der Waals surface area contributed by atoms with E-state index >= 15 is 0 Å². The van der Waals surface area contributed by atoms with Gasteiger partial charge in [0.1, 0.15) is 0 Å². The van der Waals surface area contributed by atoms with E-state index in [1.54, 1.807) is 48.7 Å². The predicted octanol–water partition coefficient (Wildman–Crippen LogP) is 6.68. The number of rotatable bonds is 16. The number of benzene rings is 2. The van der Waals surface area contributed by atoms with Crippen LogP contribution in [-0.4, -0.2) is 24.7 Å². The molecule has 0 aromatic heterocycles. The van der Waals surface area contributed by atoms with Gasteiger partial charge >= 0.3 is 5.97 Å². The largest absolute Gasteiger partial charge is 0.490 e.